The van der Waals surface area contributed by atoms with Gasteiger partial charge in [-0.15, -0.1) is 0 Å². The van der Waals surface area contributed by atoms with Crippen LogP contribution in [0, 0.1) is 17.8 Å². The van der Waals surface area contributed by atoms with Crippen LogP contribution in [-0.4, -0.2) is 37.6 Å². The summed E-state index contributed by atoms with van der Waals surface area (Å²) in [5, 5.41) is 3.81. The van der Waals surface area contributed by atoms with Crippen molar-refractivity contribution < 1.29 is 0 Å². The summed E-state index contributed by atoms with van der Waals surface area (Å²) in [5.74, 6) is 2.62. The van der Waals surface area contributed by atoms with Gasteiger partial charge >= 0.3 is 0 Å². The van der Waals surface area contributed by atoms with E-state index in [9.17, 15) is 0 Å². The Morgan fingerprint density at radius 2 is 2.00 bits per heavy atom. The summed E-state index contributed by atoms with van der Waals surface area (Å²) in [5.41, 5.74) is 0. The van der Waals surface area contributed by atoms with Crippen LogP contribution in [0.15, 0.2) is 0 Å². The summed E-state index contributed by atoms with van der Waals surface area (Å²) in [4.78, 5) is 2.38. The van der Waals surface area contributed by atoms with E-state index < -0.39 is 0 Å². The van der Waals surface area contributed by atoms with Crippen molar-refractivity contribution in [2.24, 2.45) is 17.8 Å². The Bertz CT molecular complexity index is 203. The van der Waals surface area contributed by atoms with E-state index in [1.54, 1.807) is 0 Å². The summed E-state index contributed by atoms with van der Waals surface area (Å²) in [6, 6.07) is 0.754. The first-order valence-corrected chi connectivity index (χ1v) is 7.46. The Hall–Kier alpha value is -0.0800. The topological polar surface area (TPSA) is 15.3 Å². The number of hydrogen-bond donors (Lipinski definition) is 1. The van der Waals surface area contributed by atoms with Crippen LogP contribution >= 0.6 is 0 Å². The molecule has 17 heavy (non-hydrogen) atoms. The molecule has 1 fully saturated rings. The first-order chi connectivity index (χ1) is 8.04. The van der Waals surface area contributed by atoms with Crippen molar-refractivity contribution in [3.63, 3.8) is 0 Å². The molecule has 2 heteroatoms. The lowest BCUT2D eigenvalue weighted by atomic mass is 9.74. The molecule has 0 heterocycles. The minimum atomic E-state index is 0.754. The molecule has 0 amide bonds. The Morgan fingerprint density at radius 1 is 1.29 bits per heavy atom. The standard InChI is InChI=1S/C15H32N2/c1-6-17(5)10-9-16-15-11-13(4)7-8-14(15)12(2)3/h12-16H,6-11H2,1-5H3. The molecule has 3 atom stereocenters. The Labute approximate surface area is 108 Å². The van der Waals surface area contributed by atoms with Gasteiger partial charge in [-0.2, -0.15) is 0 Å². The fourth-order valence-corrected chi connectivity index (χ4v) is 3.04. The second-order valence-corrected chi connectivity index (χ2v) is 6.28. The molecule has 1 aliphatic carbocycles. The van der Waals surface area contributed by atoms with E-state index in [0.29, 0.717) is 0 Å². The average Bonchev–Trinajstić information content (AvgIpc) is 2.28. The van der Waals surface area contributed by atoms with Gasteiger partial charge < -0.3 is 10.2 Å². The van der Waals surface area contributed by atoms with Crippen LogP contribution in [-0.2, 0) is 0 Å². The minimum Gasteiger partial charge on any atom is -0.312 e. The van der Waals surface area contributed by atoms with Gasteiger partial charge in [0.1, 0.15) is 0 Å². The molecule has 1 rings (SSSR count). The number of rotatable bonds is 6. The van der Waals surface area contributed by atoms with E-state index in [0.717, 1.165) is 36.9 Å². The second-order valence-electron chi connectivity index (χ2n) is 6.28. The van der Waals surface area contributed by atoms with E-state index >= 15 is 0 Å². The maximum Gasteiger partial charge on any atom is 0.0104 e. The van der Waals surface area contributed by atoms with Gasteiger partial charge in [-0.3, -0.25) is 0 Å². The van der Waals surface area contributed by atoms with E-state index in [-0.39, 0.29) is 0 Å². The van der Waals surface area contributed by atoms with Crippen LogP contribution in [0.5, 0.6) is 0 Å². The molecule has 1 N–H and O–H groups in total. The van der Waals surface area contributed by atoms with Crippen molar-refractivity contribution in [3.05, 3.63) is 0 Å². The highest BCUT2D eigenvalue weighted by atomic mass is 15.1. The average molecular weight is 240 g/mol. The van der Waals surface area contributed by atoms with Gasteiger partial charge in [0, 0.05) is 19.1 Å². The quantitative estimate of drug-likeness (QED) is 0.768. The number of nitrogens with one attached hydrogen (secondary N) is 1. The van der Waals surface area contributed by atoms with Gasteiger partial charge in [0.2, 0.25) is 0 Å². The van der Waals surface area contributed by atoms with Gasteiger partial charge in [-0.25, -0.2) is 0 Å². The Balaban J connectivity index is 2.36. The molecular formula is C15H32N2. The molecule has 0 aromatic rings. The summed E-state index contributed by atoms with van der Waals surface area (Å²) >= 11 is 0. The van der Waals surface area contributed by atoms with Crippen LogP contribution in [0.4, 0.5) is 0 Å². The van der Waals surface area contributed by atoms with Crippen LogP contribution in [0.25, 0.3) is 0 Å². The highest BCUT2D eigenvalue weighted by Gasteiger charge is 2.29. The molecule has 0 radical (unpaired) electrons. The second kappa shape index (κ2) is 7.38. The first kappa shape index (κ1) is 15.0. The van der Waals surface area contributed by atoms with E-state index in [2.05, 4.69) is 45.0 Å². The molecule has 0 spiro atoms. The number of likely N-dealkylation sites (N-methyl/N-ethyl adjacent to an activating group) is 1. The van der Waals surface area contributed by atoms with Crippen molar-refractivity contribution >= 4 is 0 Å². The lowest BCUT2D eigenvalue weighted by Gasteiger charge is -2.38. The molecule has 0 bridgehead atoms. The van der Waals surface area contributed by atoms with Crippen molar-refractivity contribution in [1.29, 1.82) is 0 Å². The molecule has 3 unspecified atom stereocenters. The van der Waals surface area contributed by atoms with Gasteiger partial charge in [0.25, 0.3) is 0 Å². The fourth-order valence-electron chi connectivity index (χ4n) is 3.04. The van der Waals surface area contributed by atoms with Crippen molar-refractivity contribution in [2.75, 3.05) is 26.7 Å². The summed E-state index contributed by atoms with van der Waals surface area (Å²) in [7, 11) is 2.20. The predicted octanol–water partition coefficient (Wildman–Crippen LogP) is 2.99. The smallest absolute Gasteiger partial charge is 0.0104 e. The zero-order valence-corrected chi connectivity index (χ0v) is 12.5. The number of nitrogens with zero attached hydrogens (tertiary/aromatic N) is 1. The van der Waals surface area contributed by atoms with E-state index in [1.807, 2.05) is 0 Å². The van der Waals surface area contributed by atoms with Crippen LogP contribution in [0.3, 0.4) is 0 Å². The monoisotopic (exact) mass is 240 g/mol. The van der Waals surface area contributed by atoms with E-state index in [4.69, 9.17) is 0 Å². The zero-order chi connectivity index (χ0) is 12.8. The molecule has 0 aromatic heterocycles. The summed E-state index contributed by atoms with van der Waals surface area (Å²) in [6.07, 6.45) is 4.22. The molecular weight excluding hydrogens is 208 g/mol. The SMILES string of the molecule is CCN(C)CCNC1CC(C)CCC1C(C)C. The van der Waals surface area contributed by atoms with Gasteiger partial charge in [-0.1, -0.05) is 34.1 Å². The van der Waals surface area contributed by atoms with Gasteiger partial charge in [0.15, 0.2) is 0 Å². The molecule has 1 saturated carbocycles. The van der Waals surface area contributed by atoms with E-state index in [1.165, 1.54) is 25.8 Å². The Kier molecular flexibility index (Phi) is 6.50. The third kappa shape index (κ3) is 4.97. The number of hydrogen-bond acceptors (Lipinski definition) is 2. The fraction of sp³-hybridized carbons (Fsp3) is 1.00. The normalized spacial score (nSPS) is 30.2. The Morgan fingerprint density at radius 3 is 2.59 bits per heavy atom. The van der Waals surface area contributed by atoms with Crippen LogP contribution in [0.2, 0.25) is 0 Å². The first-order valence-electron chi connectivity index (χ1n) is 7.46. The van der Waals surface area contributed by atoms with Gasteiger partial charge in [0.05, 0.1) is 0 Å². The lowest BCUT2D eigenvalue weighted by Crippen LogP contribution is -2.45. The highest BCUT2D eigenvalue weighted by Crippen LogP contribution is 2.33. The maximum atomic E-state index is 3.81. The molecule has 2 nitrogen and oxygen atoms in total. The highest BCUT2D eigenvalue weighted by molar-refractivity contribution is 4.85. The zero-order valence-electron chi connectivity index (χ0n) is 12.5. The summed E-state index contributed by atoms with van der Waals surface area (Å²) in [6.45, 7) is 12.9. The van der Waals surface area contributed by atoms with Gasteiger partial charge in [-0.05, 0) is 44.2 Å². The maximum absolute atomic E-state index is 3.81. The largest absolute Gasteiger partial charge is 0.312 e. The molecule has 102 valence electrons. The molecule has 0 aliphatic heterocycles. The minimum absolute atomic E-state index is 0.754. The molecule has 1 aliphatic rings. The third-order valence-corrected chi connectivity index (χ3v) is 4.46. The van der Waals surface area contributed by atoms with Crippen LogP contribution in [0.1, 0.15) is 47.0 Å². The molecule has 0 aromatic carbocycles. The lowest BCUT2D eigenvalue weighted by molar-refractivity contribution is 0.167. The van der Waals surface area contributed by atoms with Crippen molar-refractivity contribution in [2.45, 2.75) is 53.0 Å². The third-order valence-electron chi connectivity index (χ3n) is 4.46. The molecule has 0 saturated heterocycles. The van der Waals surface area contributed by atoms with Crippen molar-refractivity contribution in [3.8, 4) is 0 Å². The van der Waals surface area contributed by atoms with Crippen molar-refractivity contribution in [1.82, 2.24) is 10.2 Å². The summed E-state index contributed by atoms with van der Waals surface area (Å²) < 4.78 is 0. The predicted molar refractivity (Wildman–Crippen MR) is 76.3 cm³/mol. The van der Waals surface area contributed by atoms with Crippen LogP contribution < -0.4 is 5.32 Å².